The quantitative estimate of drug-likeness (QED) is 0.923. The molecule has 2 aromatic rings. The van der Waals surface area contributed by atoms with E-state index in [1.54, 1.807) is 32.2 Å². The second kappa shape index (κ2) is 6.28. The highest BCUT2D eigenvalue weighted by Crippen LogP contribution is 2.21. The summed E-state index contributed by atoms with van der Waals surface area (Å²) in [6.07, 6.45) is 0. The molecule has 112 valence electrons. The molecular formula is C16H19NO3S. The van der Waals surface area contributed by atoms with E-state index in [9.17, 15) is 8.42 Å². The van der Waals surface area contributed by atoms with Gasteiger partial charge in [0, 0.05) is 6.04 Å². The summed E-state index contributed by atoms with van der Waals surface area (Å²) in [6, 6.07) is 13.9. The molecule has 0 saturated carbocycles. The van der Waals surface area contributed by atoms with E-state index in [0.29, 0.717) is 4.90 Å². The third kappa shape index (κ3) is 3.62. The largest absolute Gasteiger partial charge is 0.497 e. The predicted octanol–water partition coefficient (Wildman–Crippen LogP) is 3.04. The minimum atomic E-state index is -3.54. The molecular weight excluding hydrogens is 286 g/mol. The summed E-state index contributed by atoms with van der Waals surface area (Å²) in [7, 11) is -1.94. The van der Waals surface area contributed by atoms with Crippen LogP contribution in [0.15, 0.2) is 53.4 Å². The zero-order valence-corrected chi connectivity index (χ0v) is 13.1. The molecule has 5 heteroatoms. The number of ether oxygens (including phenoxy) is 1. The van der Waals surface area contributed by atoms with Crippen molar-refractivity contribution >= 4 is 10.0 Å². The van der Waals surface area contributed by atoms with Crippen molar-refractivity contribution in [2.75, 3.05) is 7.11 Å². The fourth-order valence-electron chi connectivity index (χ4n) is 2.11. The number of aryl methyl sites for hydroxylation is 1. The SMILES string of the molecule is COc1ccc([C@@H](C)NS(=O)(=O)c2ccccc2C)cc1. The highest BCUT2D eigenvalue weighted by Gasteiger charge is 2.19. The molecule has 4 nitrogen and oxygen atoms in total. The fourth-order valence-corrected chi connectivity index (χ4v) is 3.59. The molecule has 0 aromatic heterocycles. The van der Waals surface area contributed by atoms with Crippen molar-refractivity contribution in [3.8, 4) is 5.75 Å². The molecule has 1 atom stereocenters. The number of hydrogen-bond donors (Lipinski definition) is 1. The number of sulfonamides is 1. The summed E-state index contributed by atoms with van der Waals surface area (Å²) >= 11 is 0. The van der Waals surface area contributed by atoms with E-state index in [1.165, 1.54) is 0 Å². The molecule has 0 saturated heterocycles. The van der Waals surface area contributed by atoms with E-state index >= 15 is 0 Å². The highest BCUT2D eigenvalue weighted by molar-refractivity contribution is 7.89. The van der Waals surface area contributed by atoms with Gasteiger partial charge in [0.25, 0.3) is 0 Å². The van der Waals surface area contributed by atoms with E-state index in [0.717, 1.165) is 16.9 Å². The number of nitrogens with one attached hydrogen (secondary N) is 1. The van der Waals surface area contributed by atoms with Gasteiger partial charge in [-0.3, -0.25) is 0 Å². The molecule has 0 heterocycles. The zero-order chi connectivity index (χ0) is 15.5. The Morgan fingerprint density at radius 3 is 2.24 bits per heavy atom. The Morgan fingerprint density at radius 1 is 1.05 bits per heavy atom. The van der Waals surface area contributed by atoms with Crippen LogP contribution < -0.4 is 9.46 Å². The maximum atomic E-state index is 12.4. The van der Waals surface area contributed by atoms with Gasteiger partial charge in [0.15, 0.2) is 0 Å². The molecule has 0 spiro atoms. The normalized spacial score (nSPS) is 12.9. The summed E-state index contributed by atoms with van der Waals surface area (Å²) in [4.78, 5) is 0.311. The van der Waals surface area contributed by atoms with Gasteiger partial charge in [-0.15, -0.1) is 0 Å². The van der Waals surface area contributed by atoms with Gasteiger partial charge >= 0.3 is 0 Å². The number of hydrogen-bond acceptors (Lipinski definition) is 3. The van der Waals surface area contributed by atoms with Crippen LogP contribution >= 0.6 is 0 Å². The minimum absolute atomic E-state index is 0.311. The van der Waals surface area contributed by atoms with Crippen LogP contribution in [0.3, 0.4) is 0 Å². The van der Waals surface area contributed by atoms with Crippen molar-refractivity contribution in [3.63, 3.8) is 0 Å². The van der Waals surface area contributed by atoms with Crippen LogP contribution in [0.25, 0.3) is 0 Å². The number of rotatable bonds is 5. The first-order valence-electron chi connectivity index (χ1n) is 6.66. The Morgan fingerprint density at radius 2 is 1.67 bits per heavy atom. The van der Waals surface area contributed by atoms with Crippen molar-refractivity contribution in [2.45, 2.75) is 24.8 Å². The molecule has 0 aliphatic rings. The van der Waals surface area contributed by atoms with Crippen molar-refractivity contribution in [1.29, 1.82) is 0 Å². The molecule has 21 heavy (non-hydrogen) atoms. The molecule has 0 bridgehead atoms. The Hall–Kier alpha value is -1.85. The summed E-state index contributed by atoms with van der Waals surface area (Å²) in [6.45, 7) is 3.60. The lowest BCUT2D eigenvalue weighted by molar-refractivity contribution is 0.414. The first-order valence-corrected chi connectivity index (χ1v) is 8.14. The van der Waals surface area contributed by atoms with Crippen LogP contribution in [0.4, 0.5) is 0 Å². The summed E-state index contributed by atoms with van der Waals surface area (Å²) in [5, 5.41) is 0. The Bertz CT molecular complexity index is 709. The van der Waals surface area contributed by atoms with Gasteiger partial charge in [-0.2, -0.15) is 0 Å². The van der Waals surface area contributed by atoms with Crippen LogP contribution in [-0.4, -0.2) is 15.5 Å². The second-order valence-electron chi connectivity index (χ2n) is 4.88. The van der Waals surface area contributed by atoms with Crippen molar-refractivity contribution in [2.24, 2.45) is 0 Å². The molecule has 0 aliphatic carbocycles. The molecule has 0 amide bonds. The van der Waals surface area contributed by atoms with Gasteiger partial charge in [0.2, 0.25) is 10.0 Å². The summed E-state index contributed by atoms with van der Waals surface area (Å²) in [5.41, 5.74) is 1.61. The van der Waals surface area contributed by atoms with Crippen molar-refractivity contribution in [3.05, 3.63) is 59.7 Å². The molecule has 2 aromatic carbocycles. The van der Waals surface area contributed by atoms with Crippen molar-refractivity contribution < 1.29 is 13.2 Å². The smallest absolute Gasteiger partial charge is 0.241 e. The van der Waals surface area contributed by atoms with Crippen LogP contribution in [0.5, 0.6) is 5.75 Å². The van der Waals surface area contributed by atoms with Crippen LogP contribution in [0, 0.1) is 6.92 Å². The predicted molar refractivity (Wildman–Crippen MR) is 82.9 cm³/mol. The molecule has 0 unspecified atom stereocenters. The van der Waals surface area contributed by atoms with E-state index in [-0.39, 0.29) is 6.04 Å². The maximum absolute atomic E-state index is 12.4. The highest BCUT2D eigenvalue weighted by atomic mass is 32.2. The van der Waals surface area contributed by atoms with Gasteiger partial charge in [0.05, 0.1) is 12.0 Å². The van der Waals surface area contributed by atoms with E-state index in [2.05, 4.69) is 4.72 Å². The van der Waals surface area contributed by atoms with E-state index in [1.807, 2.05) is 37.3 Å². The monoisotopic (exact) mass is 305 g/mol. The Labute approximate surface area is 125 Å². The summed E-state index contributed by atoms with van der Waals surface area (Å²) < 4.78 is 32.6. The average molecular weight is 305 g/mol. The van der Waals surface area contributed by atoms with Gasteiger partial charge in [-0.05, 0) is 43.2 Å². The first kappa shape index (κ1) is 15.5. The van der Waals surface area contributed by atoms with Crippen LogP contribution in [0.2, 0.25) is 0 Å². The minimum Gasteiger partial charge on any atom is -0.497 e. The molecule has 1 N–H and O–H groups in total. The average Bonchev–Trinajstić information content (AvgIpc) is 2.47. The van der Waals surface area contributed by atoms with Crippen molar-refractivity contribution in [1.82, 2.24) is 4.72 Å². The third-order valence-corrected chi connectivity index (χ3v) is 5.03. The van der Waals surface area contributed by atoms with E-state index < -0.39 is 10.0 Å². The van der Waals surface area contributed by atoms with E-state index in [4.69, 9.17) is 4.74 Å². The molecule has 0 fully saturated rings. The molecule has 0 radical (unpaired) electrons. The molecule has 2 rings (SSSR count). The lowest BCUT2D eigenvalue weighted by atomic mass is 10.1. The zero-order valence-electron chi connectivity index (χ0n) is 12.3. The van der Waals surface area contributed by atoms with Gasteiger partial charge in [0.1, 0.15) is 5.75 Å². The lowest BCUT2D eigenvalue weighted by Crippen LogP contribution is -2.27. The van der Waals surface area contributed by atoms with Gasteiger partial charge in [-0.1, -0.05) is 30.3 Å². The third-order valence-electron chi connectivity index (χ3n) is 3.33. The lowest BCUT2D eigenvalue weighted by Gasteiger charge is -2.16. The standard InChI is InChI=1S/C16H19NO3S/c1-12-6-4-5-7-16(12)21(18,19)17-13(2)14-8-10-15(20-3)11-9-14/h4-11,13,17H,1-3H3/t13-/m1/s1. The fraction of sp³-hybridized carbons (Fsp3) is 0.250. The Kier molecular flexibility index (Phi) is 4.65. The first-order chi connectivity index (χ1) is 9.94. The topological polar surface area (TPSA) is 55.4 Å². The van der Waals surface area contributed by atoms with Gasteiger partial charge in [-0.25, -0.2) is 13.1 Å². The second-order valence-corrected chi connectivity index (χ2v) is 6.56. The van der Waals surface area contributed by atoms with Crippen LogP contribution in [0.1, 0.15) is 24.1 Å². The van der Waals surface area contributed by atoms with Crippen LogP contribution in [-0.2, 0) is 10.0 Å². The van der Waals surface area contributed by atoms with Gasteiger partial charge < -0.3 is 4.74 Å². The maximum Gasteiger partial charge on any atom is 0.241 e. The number of benzene rings is 2. The number of methoxy groups -OCH3 is 1. The Balaban J connectivity index is 2.21. The summed E-state index contributed by atoms with van der Waals surface area (Å²) in [5.74, 6) is 0.743. The molecule has 0 aliphatic heterocycles.